The Morgan fingerprint density at radius 3 is 2.03 bits per heavy atom. The van der Waals surface area contributed by atoms with E-state index in [2.05, 4.69) is 10.0 Å². The Morgan fingerprint density at radius 1 is 0.846 bits per heavy atom. The molecule has 8 nitrogen and oxygen atoms in total. The number of nitrogens with one attached hydrogen (secondary N) is 2. The van der Waals surface area contributed by atoms with Crippen LogP contribution in [0.3, 0.4) is 0 Å². The van der Waals surface area contributed by atoms with Gasteiger partial charge in [-0.25, -0.2) is 16.8 Å². The number of carbonyl (C=O) groups is 1. The number of hydrogen-bond donors (Lipinski definition) is 2. The average Bonchev–Trinajstić information content (AvgIpc) is 3.43. The standard InChI is InChI=1S/C29H35N3O5S2/c1-21-17-22(2)28(23(3)18-21)38(34,35)31-27(19-24-9-5-4-6-10-24)29(33)30-20-25-11-13-26(14-12-25)39(36,37)32-15-7-8-16-32/h4-6,9-14,17-18,27,31H,7-8,15-16,19-20H2,1-3H3,(H,30,33)/t27-/m0/s1. The summed E-state index contributed by atoms with van der Waals surface area (Å²) >= 11 is 0. The molecule has 1 aliphatic rings. The van der Waals surface area contributed by atoms with Crippen LogP contribution in [0.4, 0.5) is 0 Å². The van der Waals surface area contributed by atoms with Crippen molar-refractivity contribution in [3.8, 4) is 0 Å². The van der Waals surface area contributed by atoms with Crippen LogP contribution in [0.1, 0.15) is 40.7 Å². The maximum Gasteiger partial charge on any atom is 0.243 e. The van der Waals surface area contributed by atoms with Crippen LogP contribution in [0, 0.1) is 20.8 Å². The molecule has 1 amide bonds. The quantitative estimate of drug-likeness (QED) is 0.388. The molecule has 1 fully saturated rings. The zero-order chi connectivity index (χ0) is 28.2. The van der Waals surface area contributed by atoms with Crippen molar-refractivity contribution >= 4 is 26.0 Å². The van der Waals surface area contributed by atoms with Gasteiger partial charge in [-0.15, -0.1) is 0 Å². The van der Waals surface area contributed by atoms with E-state index < -0.39 is 32.0 Å². The fraction of sp³-hybridized carbons (Fsp3) is 0.345. The van der Waals surface area contributed by atoms with E-state index in [-0.39, 0.29) is 22.8 Å². The van der Waals surface area contributed by atoms with E-state index in [0.717, 1.165) is 24.0 Å². The molecule has 4 rings (SSSR count). The zero-order valence-corrected chi connectivity index (χ0v) is 24.1. The van der Waals surface area contributed by atoms with Crippen LogP contribution < -0.4 is 10.0 Å². The van der Waals surface area contributed by atoms with Gasteiger partial charge in [0.15, 0.2) is 0 Å². The molecule has 1 aliphatic heterocycles. The van der Waals surface area contributed by atoms with Crippen LogP contribution in [0.25, 0.3) is 0 Å². The number of amides is 1. The molecule has 1 atom stereocenters. The molecule has 0 unspecified atom stereocenters. The largest absolute Gasteiger partial charge is 0.351 e. The first-order valence-corrected chi connectivity index (χ1v) is 15.9. The highest BCUT2D eigenvalue weighted by molar-refractivity contribution is 7.89. The van der Waals surface area contributed by atoms with Crippen molar-refractivity contribution in [2.24, 2.45) is 0 Å². The lowest BCUT2D eigenvalue weighted by Gasteiger charge is -2.21. The van der Waals surface area contributed by atoms with E-state index in [9.17, 15) is 21.6 Å². The molecule has 0 saturated carbocycles. The van der Waals surface area contributed by atoms with E-state index >= 15 is 0 Å². The third-order valence-electron chi connectivity index (χ3n) is 6.86. The second-order valence-corrected chi connectivity index (χ2v) is 13.7. The van der Waals surface area contributed by atoms with Crippen LogP contribution in [0.15, 0.2) is 76.5 Å². The number of sulfonamides is 2. The summed E-state index contributed by atoms with van der Waals surface area (Å²) in [4.78, 5) is 13.7. The van der Waals surface area contributed by atoms with Crippen molar-refractivity contribution in [3.63, 3.8) is 0 Å². The predicted octanol–water partition coefficient (Wildman–Crippen LogP) is 3.60. The summed E-state index contributed by atoms with van der Waals surface area (Å²) in [6.07, 6.45) is 1.89. The molecule has 0 spiro atoms. The number of rotatable bonds is 10. The number of benzene rings is 3. The molecule has 0 radical (unpaired) electrons. The summed E-state index contributed by atoms with van der Waals surface area (Å²) in [5.74, 6) is -0.474. The molecule has 1 saturated heterocycles. The first-order chi connectivity index (χ1) is 18.5. The Labute approximate surface area is 231 Å². The summed E-state index contributed by atoms with van der Waals surface area (Å²) in [5.41, 5.74) is 3.71. The predicted molar refractivity (Wildman–Crippen MR) is 151 cm³/mol. The minimum Gasteiger partial charge on any atom is -0.351 e. The number of carbonyl (C=O) groups excluding carboxylic acids is 1. The van der Waals surface area contributed by atoms with Gasteiger partial charge in [0.05, 0.1) is 9.79 Å². The van der Waals surface area contributed by atoms with Crippen molar-refractivity contribution in [2.45, 2.75) is 62.4 Å². The molecule has 0 aliphatic carbocycles. The van der Waals surface area contributed by atoms with Crippen molar-refractivity contribution in [2.75, 3.05) is 13.1 Å². The van der Waals surface area contributed by atoms with E-state index in [1.54, 1.807) is 50.2 Å². The van der Waals surface area contributed by atoms with Gasteiger partial charge in [0, 0.05) is 19.6 Å². The van der Waals surface area contributed by atoms with Crippen molar-refractivity contribution in [1.82, 2.24) is 14.3 Å². The smallest absolute Gasteiger partial charge is 0.243 e. The van der Waals surface area contributed by atoms with Crippen LogP contribution in [-0.4, -0.2) is 46.2 Å². The molecule has 0 aromatic heterocycles. The maximum absolute atomic E-state index is 13.5. The van der Waals surface area contributed by atoms with Gasteiger partial charge in [-0.05, 0) is 74.4 Å². The van der Waals surface area contributed by atoms with Gasteiger partial charge in [-0.1, -0.05) is 60.2 Å². The lowest BCUT2D eigenvalue weighted by molar-refractivity contribution is -0.122. The highest BCUT2D eigenvalue weighted by Gasteiger charge is 2.29. The van der Waals surface area contributed by atoms with Gasteiger partial charge in [-0.3, -0.25) is 4.79 Å². The van der Waals surface area contributed by atoms with Crippen molar-refractivity contribution in [3.05, 3.63) is 94.5 Å². The minimum atomic E-state index is -4.00. The summed E-state index contributed by atoms with van der Waals surface area (Å²) in [7, 11) is -7.52. The Balaban J connectivity index is 1.51. The summed E-state index contributed by atoms with van der Waals surface area (Å²) in [6.45, 7) is 6.58. The molecular weight excluding hydrogens is 534 g/mol. The summed E-state index contributed by atoms with van der Waals surface area (Å²) in [6, 6.07) is 18.2. The molecule has 3 aromatic carbocycles. The second kappa shape index (κ2) is 12.0. The molecular formula is C29H35N3O5S2. The number of hydrogen-bond acceptors (Lipinski definition) is 5. The molecule has 10 heteroatoms. The van der Waals surface area contributed by atoms with Crippen molar-refractivity contribution < 1.29 is 21.6 Å². The first-order valence-electron chi connectivity index (χ1n) is 13.0. The number of aryl methyl sites for hydroxylation is 3. The van der Waals surface area contributed by atoms with Gasteiger partial charge in [-0.2, -0.15) is 9.03 Å². The Bertz CT molecular complexity index is 1510. The highest BCUT2D eigenvalue weighted by atomic mass is 32.2. The molecule has 2 N–H and O–H groups in total. The van der Waals surface area contributed by atoms with E-state index in [1.165, 1.54) is 4.31 Å². The van der Waals surface area contributed by atoms with E-state index in [0.29, 0.717) is 29.8 Å². The fourth-order valence-electron chi connectivity index (χ4n) is 5.04. The third-order valence-corrected chi connectivity index (χ3v) is 10.6. The van der Waals surface area contributed by atoms with E-state index in [4.69, 9.17) is 0 Å². The third kappa shape index (κ3) is 6.94. The SMILES string of the molecule is Cc1cc(C)c(S(=O)(=O)N[C@@H](Cc2ccccc2)C(=O)NCc2ccc(S(=O)(=O)N3CCCC3)cc2)c(C)c1. The Morgan fingerprint density at radius 2 is 1.44 bits per heavy atom. The van der Waals surface area contributed by atoms with Gasteiger partial charge < -0.3 is 5.32 Å². The minimum absolute atomic E-state index is 0.123. The van der Waals surface area contributed by atoms with Crippen molar-refractivity contribution in [1.29, 1.82) is 0 Å². The lowest BCUT2D eigenvalue weighted by atomic mass is 10.1. The number of nitrogens with zero attached hydrogens (tertiary/aromatic N) is 1. The molecule has 208 valence electrons. The molecule has 39 heavy (non-hydrogen) atoms. The van der Waals surface area contributed by atoms with Gasteiger partial charge in [0.25, 0.3) is 0 Å². The topological polar surface area (TPSA) is 113 Å². The molecule has 1 heterocycles. The van der Waals surface area contributed by atoms with Gasteiger partial charge in [0.1, 0.15) is 6.04 Å². The van der Waals surface area contributed by atoms with Crippen LogP contribution in [0.2, 0.25) is 0 Å². The highest BCUT2D eigenvalue weighted by Crippen LogP contribution is 2.23. The Hall–Kier alpha value is -3.05. The maximum atomic E-state index is 13.5. The lowest BCUT2D eigenvalue weighted by Crippen LogP contribution is -2.48. The first kappa shape index (κ1) is 28.9. The Kier molecular flexibility index (Phi) is 8.90. The summed E-state index contributed by atoms with van der Waals surface area (Å²) in [5, 5.41) is 2.82. The molecule has 0 bridgehead atoms. The summed E-state index contributed by atoms with van der Waals surface area (Å²) < 4.78 is 56.6. The zero-order valence-electron chi connectivity index (χ0n) is 22.5. The monoisotopic (exact) mass is 569 g/mol. The second-order valence-electron chi connectivity index (χ2n) is 10.1. The normalized spacial score (nSPS) is 15.3. The fourth-order valence-corrected chi connectivity index (χ4v) is 8.21. The van der Waals surface area contributed by atoms with Gasteiger partial charge >= 0.3 is 0 Å². The van der Waals surface area contributed by atoms with Crippen LogP contribution >= 0.6 is 0 Å². The van der Waals surface area contributed by atoms with Crippen LogP contribution in [0.5, 0.6) is 0 Å². The van der Waals surface area contributed by atoms with Gasteiger partial charge in [0.2, 0.25) is 26.0 Å². The molecule has 3 aromatic rings. The average molecular weight is 570 g/mol. The van der Waals surface area contributed by atoms with E-state index in [1.807, 2.05) is 37.3 Å². The van der Waals surface area contributed by atoms with Crippen LogP contribution in [-0.2, 0) is 37.8 Å².